The average molecular weight is 622 g/mol. The molecule has 3 aromatic carbocycles. The van der Waals surface area contributed by atoms with Crippen molar-refractivity contribution >= 4 is 27.5 Å². The number of carbonyl (C=O) groups excluding carboxylic acids is 2. The van der Waals surface area contributed by atoms with Crippen LogP contribution in [0.4, 0.5) is 5.69 Å². The predicted octanol–water partition coefficient (Wildman–Crippen LogP) is 5.46. The van der Waals surface area contributed by atoms with E-state index in [1.54, 1.807) is 30.3 Å². The Kier molecular flexibility index (Phi) is 11.3. The van der Waals surface area contributed by atoms with E-state index in [4.69, 9.17) is 9.47 Å². The molecule has 4 rings (SSSR count). The second kappa shape index (κ2) is 15.1. The molecule has 9 nitrogen and oxygen atoms in total. The lowest BCUT2D eigenvalue weighted by Gasteiger charge is -2.34. The lowest BCUT2D eigenvalue weighted by Crippen LogP contribution is -2.54. The predicted molar refractivity (Wildman–Crippen MR) is 171 cm³/mol. The van der Waals surface area contributed by atoms with E-state index in [1.165, 1.54) is 37.3 Å². The molecule has 1 saturated carbocycles. The maximum atomic E-state index is 14.4. The summed E-state index contributed by atoms with van der Waals surface area (Å²) in [7, 11) is -1.33. The van der Waals surface area contributed by atoms with Crippen molar-refractivity contribution in [1.82, 2.24) is 10.2 Å². The quantitative estimate of drug-likeness (QED) is 0.272. The summed E-state index contributed by atoms with van der Waals surface area (Å²) < 4.78 is 40.3. The largest absolute Gasteiger partial charge is 0.497 e. The first-order valence-electron chi connectivity index (χ1n) is 15.1. The molecule has 1 aliphatic rings. The molecule has 0 heterocycles. The Hall–Kier alpha value is -4.05. The molecular weight excluding hydrogens is 578 g/mol. The number of methoxy groups -OCH3 is 2. The summed E-state index contributed by atoms with van der Waals surface area (Å²) in [5.41, 5.74) is 2.06. The van der Waals surface area contributed by atoms with Gasteiger partial charge < -0.3 is 19.7 Å². The molecule has 1 aliphatic carbocycles. The highest BCUT2D eigenvalue weighted by molar-refractivity contribution is 7.92. The van der Waals surface area contributed by atoms with Crippen molar-refractivity contribution in [2.75, 3.05) is 25.1 Å². The Morgan fingerprint density at radius 2 is 1.61 bits per heavy atom. The first-order chi connectivity index (χ1) is 21.2. The maximum Gasteiger partial charge on any atom is 0.264 e. The highest BCUT2D eigenvalue weighted by atomic mass is 32.2. The number of anilines is 1. The molecular formula is C34H43N3O6S. The van der Waals surface area contributed by atoms with E-state index in [9.17, 15) is 18.0 Å². The van der Waals surface area contributed by atoms with Crippen LogP contribution in [-0.4, -0.2) is 58.0 Å². The molecule has 1 fully saturated rings. The van der Waals surface area contributed by atoms with Crippen molar-refractivity contribution in [3.8, 4) is 11.5 Å². The van der Waals surface area contributed by atoms with Gasteiger partial charge in [-0.1, -0.05) is 74.2 Å². The van der Waals surface area contributed by atoms with Crippen LogP contribution >= 0.6 is 0 Å². The molecule has 0 aromatic heterocycles. The van der Waals surface area contributed by atoms with Crippen LogP contribution in [0, 0.1) is 6.92 Å². The number of ether oxygens (including phenoxy) is 2. The number of amides is 2. The van der Waals surface area contributed by atoms with Gasteiger partial charge in [-0.05, 0) is 56.0 Å². The van der Waals surface area contributed by atoms with Crippen LogP contribution in [0.15, 0.2) is 77.7 Å². The summed E-state index contributed by atoms with van der Waals surface area (Å²) in [6.45, 7) is 3.43. The van der Waals surface area contributed by atoms with Gasteiger partial charge in [0.2, 0.25) is 11.8 Å². The molecule has 10 heteroatoms. The van der Waals surface area contributed by atoms with Gasteiger partial charge in [0.1, 0.15) is 24.1 Å². The minimum absolute atomic E-state index is 0.0184. The highest BCUT2D eigenvalue weighted by Crippen LogP contribution is 2.36. The Labute approximate surface area is 261 Å². The van der Waals surface area contributed by atoms with Gasteiger partial charge in [-0.3, -0.25) is 13.9 Å². The van der Waals surface area contributed by atoms with Crippen molar-refractivity contribution in [2.45, 2.75) is 75.9 Å². The number of hydrogen-bond acceptors (Lipinski definition) is 6. The third-order valence-corrected chi connectivity index (χ3v) is 9.85. The van der Waals surface area contributed by atoms with E-state index in [0.29, 0.717) is 12.2 Å². The van der Waals surface area contributed by atoms with Crippen molar-refractivity contribution in [1.29, 1.82) is 0 Å². The van der Waals surface area contributed by atoms with E-state index in [0.717, 1.165) is 47.5 Å². The van der Waals surface area contributed by atoms with Crippen LogP contribution in [0.5, 0.6) is 11.5 Å². The van der Waals surface area contributed by atoms with Crippen molar-refractivity contribution in [3.05, 3.63) is 83.9 Å². The minimum Gasteiger partial charge on any atom is -0.497 e. The number of carbonyl (C=O) groups is 2. The Morgan fingerprint density at radius 1 is 0.932 bits per heavy atom. The Bertz CT molecular complexity index is 1510. The van der Waals surface area contributed by atoms with Crippen LogP contribution in [0.25, 0.3) is 0 Å². The van der Waals surface area contributed by atoms with Crippen LogP contribution in [-0.2, 0) is 26.2 Å². The zero-order chi connectivity index (χ0) is 31.7. The molecule has 0 spiro atoms. The number of nitrogens with zero attached hydrogens (tertiary/aromatic N) is 2. The Balaban J connectivity index is 1.76. The number of hydrogen-bond donors (Lipinski definition) is 1. The molecule has 1 atom stereocenters. The topological polar surface area (TPSA) is 105 Å². The van der Waals surface area contributed by atoms with Gasteiger partial charge in [-0.2, -0.15) is 0 Å². The van der Waals surface area contributed by atoms with Crippen molar-refractivity contribution < 1.29 is 27.5 Å². The standard InChI is InChI=1S/C34H43N3O6S/c1-5-30(34(39)35-27-12-8-6-9-13-27)36(23-26-18-16-25(2)17-19-26)33(38)24-37(44(40,41)29-14-10-7-11-15-29)31-22-28(42-3)20-21-32(31)43-4/h7,10-11,14-22,27,30H,5-6,8-9,12-13,23-24H2,1-4H3,(H,35,39). The molecule has 0 radical (unpaired) electrons. The van der Waals surface area contributed by atoms with Crippen LogP contribution in [0.3, 0.4) is 0 Å². The molecule has 0 bridgehead atoms. The summed E-state index contributed by atoms with van der Waals surface area (Å²) in [5, 5.41) is 3.17. The first-order valence-corrected chi connectivity index (χ1v) is 16.6. The van der Waals surface area contributed by atoms with E-state index >= 15 is 0 Å². The van der Waals surface area contributed by atoms with Crippen molar-refractivity contribution in [2.24, 2.45) is 0 Å². The number of sulfonamides is 1. The number of nitrogens with one attached hydrogen (secondary N) is 1. The van der Waals surface area contributed by atoms with E-state index in [-0.39, 0.29) is 34.8 Å². The normalized spacial score (nSPS) is 14.4. The second-order valence-corrected chi connectivity index (χ2v) is 13.0. The van der Waals surface area contributed by atoms with Gasteiger partial charge >= 0.3 is 0 Å². The molecule has 2 amide bonds. The minimum atomic E-state index is -4.24. The summed E-state index contributed by atoms with van der Waals surface area (Å²) >= 11 is 0. The van der Waals surface area contributed by atoms with Gasteiger partial charge in [0.05, 0.1) is 24.8 Å². The molecule has 236 valence electrons. The zero-order valence-corrected chi connectivity index (χ0v) is 26.8. The summed E-state index contributed by atoms with van der Waals surface area (Å²) in [4.78, 5) is 29.6. The SMILES string of the molecule is CCC(C(=O)NC1CCCCC1)N(Cc1ccc(C)cc1)C(=O)CN(c1cc(OC)ccc1OC)S(=O)(=O)c1ccccc1. The zero-order valence-electron chi connectivity index (χ0n) is 26.0. The lowest BCUT2D eigenvalue weighted by atomic mass is 9.95. The first kappa shape index (κ1) is 32.9. The van der Waals surface area contributed by atoms with Gasteiger partial charge in [-0.15, -0.1) is 0 Å². The van der Waals surface area contributed by atoms with E-state index in [2.05, 4.69) is 5.32 Å². The fourth-order valence-corrected chi connectivity index (χ4v) is 7.02. The highest BCUT2D eigenvalue weighted by Gasteiger charge is 2.35. The second-order valence-electron chi connectivity index (χ2n) is 11.1. The van der Waals surface area contributed by atoms with Crippen molar-refractivity contribution in [3.63, 3.8) is 0 Å². The summed E-state index contributed by atoms with van der Waals surface area (Å²) in [6.07, 6.45) is 5.45. The molecule has 3 aromatic rings. The summed E-state index contributed by atoms with van der Waals surface area (Å²) in [5.74, 6) is -0.0847. The fourth-order valence-electron chi connectivity index (χ4n) is 5.58. The molecule has 44 heavy (non-hydrogen) atoms. The fraction of sp³-hybridized carbons (Fsp3) is 0.412. The molecule has 0 aliphatic heterocycles. The molecule has 1 unspecified atom stereocenters. The van der Waals surface area contributed by atoms with Gasteiger partial charge in [0, 0.05) is 18.7 Å². The average Bonchev–Trinajstić information content (AvgIpc) is 3.04. The molecule has 1 N–H and O–H groups in total. The number of aryl methyl sites for hydroxylation is 1. The smallest absolute Gasteiger partial charge is 0.264 e. The number of rotatable bonds is 13. The van der Waals surface area contributed by atoms with Gasteiger partial charge in [0.15, 0.2) is 0 Å². The van der Waals surface area contributed by atoms with Gasteiger partial charge in [-0.25, -0.2) is 8.42 Å². The lowest BCUT2D eigenvalue weighted by molar-refractivity contribution is -0.140. The maximum absolute atomic E-state index is 14.4. The van der Waals surface area contributed by atoms with E-state index in [1.807, 2.05) is 38.1 Å². The van der Waals surface area contributed by atoms with Crippen LogP contribution in [0.1, 0.15) is 56.6 Å². The molecule has 0 saturated heterocycles. The van der Waals surface area contributed by atoms with Crippen LogP contribution in [0.2, 0.25) is 0 Å². The third-order valence-electron chi connectivity index (χ3n) is 8.08. The summed E-state index contributed by atoms with van der Waals surface area (Å²) in [6, 6.07) is 19.8. The third kappa shape index (κ3) is 7.91. The van der Waals surface area contributed by atoms with Crippen LogP contribution < -0.4 is 19.1 Å². The van der Waals surface area contributed by atoms with E-state index < -0.39 is 28.5 Å². The monoisotopic (exact) mass is 621 g/mol. The number of benzene rings is 3. The Morgan fingerprint density at radius 3 is 2.23 bits per heavy atom. The van der Waals surface area contributed by atoms with Gasteiger partial charge in [0.25, 0.3) is 10.0 Å².